The lowest BCUT2D eigenvalue weighted by atomic mass is 10.1. The molecule has 2 amide bonds. The molecule has 4 heteroatoms. The molecule has 0 unspecified atom stereocenters. The van der Waals surface area contributed by atoms with Gasteiger partial charge in [0.05, 0.1) is 0 Å². The van der Waals surface area contributed by atoms with Crippen molar-refractivity contribution in [3.63, 3.8) is 0 Å². The fraction of sp³-hybridized carbons (Fsp3) is 0.333. The van der Waals surface area contributed by atoms with Gasteiger partial charge in [0.15, 0.2) is 0 Å². The van der Waals surface area contributed by atoms with Gasteiger partial charge in [0, 0.05) is 23.4 Å². The normalized spacial score (nSPS) is 10.6. The quantitative estimate of drug-likeness (QED) is 0.823. The zero-order chi connectivity index (χ0) is 18.4. The molecule has 0 aromatic heterocycles. The van der Waals surface area contributed by atoms with E-state index in [1.165, 1.54) is 0 Å². The molecule has 132 valence electrons. The molecule has 0 aliphatic heterocycles. The number of benzene rings is 2. The first-order chi connectivity index (χ1) is 11.8. The number of carbonyl (C=O) groups excluding carboxylic acids is 2. The zero-order valence-electron chi connectivity index (χ0n) is 15.3. The molecule has 2 aromatic rings. The summed E-state index contributed by atoms with van der Waals surface area (Å²) in [6.07, 6.45) is 0.929. The van der Waals surface area contributed by atoms with Crippen LogP contribution >= 0.6 is 0 Å². The summed E-state index contributed by atoms with van der Waals surface area (Å²) in [4.78, 5) is 24.7. The van der Waals surface area contributed by atoms with Crippen molar-refractivity contribution in [2.24, 2.45) is 5.92 Å². The van der Waals surface area contributed by atoms with Gasteiger partial charge in [-0.15, -0.1) is 0 Å². The Hall–Kier alpha value is -2.62. The monoisotopic (exact) mass is 338 g/mol. The zero-order valence-corrected chi connectivity index (χ0v) is 15.3. The van der Waals surface area contributed by atoms with Gasteiger partial charge in [-0.3, -0.25) is 9.59 Å². The molecule has 0 saturated carbocycles. The van der Waals surface area contributed by atoms with Crippen molar-refractivity contribution in [3.8, 4) is 0 Å². The molecular formula is C21H26N2O2. The van der Waals surface area contributed by atoms with Crippen molar-refractivity contribution in [3.05, 3.63) is 64.7 Å². The predicted octanol–water partition coefficient (Wildman–Crippen LogP) is 4.33. The molecule has 0 spiro atoms. The van der Waals surface area contributed by atoms with Gasteiger partial charge >= 0.3 is 0 Å². The Morgan fingerprint density at radius 2 is 1.52 bits per heavy atom. The molecule has 0 saturated heterocycles. The summed E-state index contributed by atoms with van der Waals surface area (Å²) in [5, 5.41) is 5.78. The molecule has 25 heavy (non-hydrogen) atoms. The van der Waals surface area contributed by atoms with E-state index in [4.69, 9.17) is 0 Å². The van der Waals surface area contributed by atoms with Crippen LogP contribution in [0.4, 0.5) is 5.69 Å². The number of hydrogen-bond acceptors (Lipinski definition) is 2. The Labute approximate surface area is 149 Å². The number of nitrogens with one attached hydrogen (secondary N) is 2. The third-order valence-corrected chi connectivity index (χ3v) is 3.87. The van der Waals surface area contributed by atoms with Crippen LogP contribution in [0.2, 0.25) is 0 Å². The van der Waals surface area contributed by atoms with E-state index in [9.17, 15) is 9.59 Å². The van der Waals surface area contributed by atoms with Crippen molar-refractivity contribution in [2.45, 2.75) is 34.1 Å². The average Bonchev–Trinajstić information content (AvgIpc) is 2.53. The minimum atomic E-state index is -0.221. The van der Waals surface area contributed by atoms with Crippen molar-refractivity contribution in [1.82, 2.24) is 5.32 Å². The number of aryl methyl sites for hydroxylation is 2. The van der Waals surface area contributed by atoms with Gasteiger partial charge in [-0.1, -0.05) is 26.0 Å². The number of carbonyl (C=O) groups is 2. The third-order valence-electron chi connectivity index (χ3n) is 3.87. The van der Waals surface area contributed by atoms with Crippen LogP contribution in [-0.2, 0) is 0 Å². The highest BCUT2D eigenvalue weighted by molar-refractivity contribution is 6.06. The standard InChI is InChI=1S/C21H26N2O2/c1-14(2)8-9-22-20(24)17-6-5-7-18(13-17)21(25)23-19-11-15(3)10-16(4)12-19/h5-7,10-14H,8-9H2,1-4H3,(H,22,24)(H,23,25). The van der Waals surface area contributed by atoms with E-state index in [2.05, 4.69) is 30.5 Å². The topological polar surface area (TPSA) is 58.2 Å². The maximum absolute atomic E-state index is 12.5. The van der Waals surface area contributed by atoms with Gasteiger partial charge in [-0.25, -0.2) is 0 Å². The van der Waals surface area contributed by atoms with Gasteiger partial charge in [-0.2, -0.15) is 0 Å². The largest absolute Gasteiger partial charge is 0.352 e. The van der Waals surface area contributed by atoms with Gasteiger partial charge in [-0.05, 0) is 67.6 Å². The molecule has 2 N–H and O–H groups in total. The van der Waals surface area contributed by atoms with Crippen molar-refractivity contribution in [1.29, 1.82) is 0 Å². The summed E-state index contributed by atoms with van der Waals surface area (Å²) < 4.78 is 0. The van der Waals surface area contributed by atoms with Gasteiger partial charge in [0.25, 0.3) is 11.8 Å². The van der Waals surface area contributed by atoms with E-state index < -0.39 is 0 Å². The van der Waals surface area contributed by atoms with Gasteiger partial charge < -0.3 is 10.6 Å². The maximum atomic E-state index is 12.5. The van der Waals surface area contributed by atoms with Crippen molar-refractivity contribution in [2.75, 3.05) is 11.9 Å². The first-order valence-electron chi connectivity index (χ1n) is 8.63. The number of rotatable bonds is 6. The summed E-state index contributed by atoms with van der Waals surface area (Å²) in [7, 11) is 0. The second-order valence-corrected chi connectivity index (χ2v) is 6.85. The highest BCUT2D eigenvalue weighted by Gasteiger charge is 2.11. The minimum absolute atomic E-state index is 0.151. The first kappa shape index (κ1) is 18.7. The molecule has 0 heterocycles. The molecule has 0 aliphatic carbocycles. The maximum Gasteiger partial charge on any atom is 0.255 e. The van der Waals surface area contributed by atoms with E-state index in [0.717, 1.165) is 23.2 Å². The molecule has 0 fully saturated rings. The molecular weight excluding hydrogens is 312 g/mol. The first-order valence-corrected chi connectivity index (χ1v) is 8.63. The summed E-state index contributed by atoms with van der Waals surface area (Å²) in [5.74, 6) is 0.165. The van der Waals surface area contributed by atoms with Crippen molar-refractivity contribution < 1.29 is 9.59 Å². The SMILES string of the molecule is Cc1cc(C)cc(NC(=O)c2cccc(C(=O)NCCC(C)C)c2)c1. The average molecular weight is 338 g/mol. The van der Waals surface area contributed by atoms with E-state index in [0.29, 0.717) is 23.6 Å². The lowest BCUT2D eigenvalue weighted by molar-refractivity contribution is 0.0952. The lowest BCUT2D eigenvalue weighted by Gasteiger charge is -2.10. The molecule has 0 atom stereocenters. The highest BCUT2D eigenvalue weighted by atomic mass is 16.2. The number of anilines is 1. The summed E-state index contributed by atoms with van der Waals surface area (Å²) in [6.45, 7) is 8.85. The smallest absolute Gasteiger partial charge is 0.255 e. The van der Waals surface area contributed by atoms with E-state index in [-0.39, 0.29) is 11.8 Å². The fourth-order valence-corrected chi connectivity index (χ4v) is 2.63. The summed E-state index contributed by atoms with van der Waals surface area (Å²) >= 11 is 0. The Morgan fingerprint density at radius 1 is 0.920 bits per heavy atom. The lowest BCUT2D eigenvalue weighted by Crippen LogP contribution is -2.25. The fourth-order valence-electron chi connectivity index (χ4n) is 2.63. The molecule has 2 rings (SSSR count). The van der Waals surface area contributed by atoms with Crippen LogP contribution in [0.25, 0.3) is 0 Å². The van der Waals surface area contributed by atoms with E-state index >= 15 is 0 Å². The van der Waals surface area contributed by atoms with Crippen LogP contribution in [0.1, 0.15) is 52.1 Å². The Balaban J connectivity index is 2.06. The summed E-state index contributed by atoms with van der Waals surface area (Å²) in [5.41, 5.74) is 3.91. The van der Waals surface area contributed by atoms with E-state index in [1.807, 2.05) is 26.0 Å². The molecule has 0 aliphatic rings. The Bertz CT molecular complexity index is 746. The van der Waals surface area contributed by atoms with Crippen LogP contribution in [0.5, 0.6) is 0 Å². The second-order valence-electron chi connectivity index (χ2n) is 6.85. The van der Waals surface area contributed by atoms with Gasteiger partial charge in [0.2, 0.25) is 0 Å². The number of amides is 2. The van der Waals surface area contributed by atoms with Crippen LogP contribution in [0.3, 0.4) is 0 Å². The number of hydrogen-bond donors (Lipinski definition) is 2. The second kappa shape index (κ2) is 8.47. The Kier molecular flexibility index (Phi) is 6.34. The van der Waals surface area contributed by atoms with Gasteiger partial charge in [0.1, 0.15) is 0 Å². The van der Waals surface area contributed by atoms with Crippen LogP contribution in [0.15, 0.2) is 42.5 Å². The third kappa shape index (κ3) is 5.75. The Morgan fingerprint density at radius 3 is 2.12 bits per heavy atom. The van der Waals surface area contributed by atoms with Crippen LogP contribution < -0.4 is 10.6 Å². The van der Waals surface area contributed by atoms with Crippen LogP contribution in [-0.4, -0.2) is 18.4 Å². The summed E-state index contributed by atoms with van der Waals surface area (Å²) in [6, 6.07) is 12.7. The van der Waals surface area contributed by atoms with E-state index in [1.54, 1.807) is 24.3 Å². The highest BCUT2D eigenvalue weighted by Crippen LogP contribution is 2.15. The molecule has 4 nitrogen and oxygen atoms in total. The van der Waals surface area contributed by atoms with Crippen LogP contribution in [0, 0.1) is 19.8 Å². The molecule has 2 aromatic carbocycles. The van der Waals surface area contributed by atoms with Crippen molar-refractivity contribution >= 4 is 17.5 Å². The minimum Gasteiger partial charge on any atom is -0.352 e. The molecule has 0 bridgehead atoms. The predicted molar refractivity (Wildman–Crippen MR) is 102 cm³/mol. The molecule has 0 radical (unpaired) electrons.